The molecule has 4 bridgehead atoms. The Morgan fingerprint density at radius 3 is 1.86 bits per heavy atom. The molecule has 2 aromatic rings. The molecule has 4 heteroatoms. The maximum atomic E-state index is 14.7. The zero-order valence-electron chi connectivity index (χ0n) is 23.2. The molecule has 3 unspecified atom stereocenters. The summed E-state index contributed by atoms with van der Waals surface area (Å²) in [7, 11) is -2.31. The van der Waals surface area contributed by atoms with Crippen LogP contribution in [0.5, 0.6) is 0 Å². The van der Waals surface area contributed by atoms with Crippen molar-refractivity contribution in [2.45, 2.75) is 73.1 Å². The van der Waals surface area contributed by atoms with Gasteiger partial charge in [0.15, 0.2) is 0 Å². The molecular weight excluding hydrogens is 590 g/mol. The van der Waals surface area contributed by atoms with Crippen molar-refractivity contribution in [3.63, 3.8) is 0 Å². The van der Waals surface area contributed by atoms with Crippen molar-refractivity contribution in [2.24, 2.45) is 28.6 Å². The molecule has 0 heterocycles. The molecule has 4 fully saturated rings. The third-order valence-corrected chi connectivity index (χ3v) is 42.4. The predicted octanol–water partition coefficient (Wildman–Crippen LogP) is 6.04. The quantitative estimate of drug-likeness (QED) is 0.387. The fourth-order valence-electron chi connectivity index (χ4n) is 9.15. The van der Waals surface area contributed by atoms with Crippen molar-refractivity contribution in [3.05, 3.63) is 80.7 Å². The predicted molar refractivity (Wildman–Crippen MR) is 153 cm³/mol. The van der Waals surface area contributed by atoms with Crippen molar-refractivity contribution >= 4 is 25.3 Å². The van der Waals surface area contributed by atoms with Crippen molar-refractivity contribution in [3.8, 4) is 0 Å². The summed E-state index contributed by atoms with van der Waals surface area (Å²) in [6.45, 7) is 11.9. The summed E-state index contributed by atoms with van der Waals surface area (Å²) >= 11 is -2.64. The van der Waals surface area contributed by atoms with Gasteiger partial charge in [0.25, 0.3) is 0 Å². The van der Waals surface area contributed by atoms with E-state index in [1.165, 1.54) is 36.0 Å². The second kappa shape index (κ2) is 9.78. The Morgan fingerprint density at radius 2 is 1.41 bits per heavy atom. The molecule has 0 aromatic heterocycles. The summed E-state index contributed by atoms with van der Waals surface area (Å²) < 4.78 is 8.86. The summed E-state index contributed by atoms with van der Waals surface area (Å²) in [5.41, 5.74) is 4.76. The second-order valence-corrected chi connectivity index (χ2v) is 36.4. The van der Waals surface area contributed by atoms with Gasteiger partial charge in [-0.1, -0.05) is 0 Å². The first-order valence-electron chi connectivity index (χ1n) is 14.4. The second-order valence-electron chi connectivity index (χ2n) is 13.2. The van der Waals surface area contributed by atoms with Crippen molar-refractivity contribution < 1.29 is 24.3 Å². The standard InChI is InChI=1S/C12H11Ge.C12H19NO.C9H13.Zr/c1-3-7-11(8-4-1)13-12-9-5-2-6-10-12;1-11-3-8-2-9(4-11)6-12(5-8,7-11)10(13)14;1-6-5-7(2)9(4)8(6)3;/h1-10,13H;8-9H,2-7H2,1H3,(H2,13,14);6H,1-4H3;/q;;;+1/p-1. The van der Waals surface area contributed by atoms with E-state index in [4.69, 9.17) is 0 Å². The van der Waals surface area contributed by atoms with Gasteiger partial charge in [-0.15, -0.1) is 0 Å². The average Bonchev–Trinajstić information content (AvgIpc) is 3.05. The van der Waals surface area contributed by atoms with Gasteiger partial charge in [-0.05, 0) is 0 Å². The Labute approximate surface area is 233 Å². The van der Waals surface area contributed by atoms with Gasteiger partial charge >= 0.3 is 235 Å². The zero-order valence-corrected chi connectivity index (χ0v) is 28.1. The van der Waals surface area contributed by atoms with Crippen molar-refractivity contribution in [1.29, 1.82) is 0 Å². The number of allylic oxidation sites excluding steroid dienone is 4. The van der Waals surface area contributed by atoms with Crippen LogP contribution < -0.4 is 12.1 Å². The number of benzene rings is 2. The van der Waals surface area contributed by atoms with Crippen LogP contribution in [-0.2, 0) is 24.3 Å². The molecule has 7 rings (SSSR count). The monoisotopic (exact) mass is 632 g/mol. The molecule has 4 saturated carbocycles. The van der Waals surface area contributed by atoms with Crippen LogP contribution in [-0.4, -0.2) is 16.5 Å². The van der Waals surface area contributed by atoms with Crippen LogP contribution >= 0.6 is 0 Å². The van der Waals surface area contributed by atoms with Crippen LogP contribution in [0.2, 0.25) is 0 Å². The van der Waals surface area contributed by atoms with Gasteiger partial charge in [0, 0.05) is 0 Å². The number of rotatable bonds is 6. The van der Waals surface area contributed by atoms with Gasteiger partial charge < -0.3 is 0 Å². The summed E-state index contributed by atoms with van der Waals surface area (Å²) in [6, 6.07) is 22.6. The normalized spacial score (nSPS) is 32.4. The van der Waals surface area contributed by atoms with Crippen LogP contribution in [0.15, 0.2) is 80.7 Å². The molecule has 2 nitrogen and oxygen atoms in total. The van der Waals surface area contributed by atoms with Gasteiger partial charge in [-0.25, -0.2) is 0 Å². The van der Waals surface area contributed by atoms with Gasteiger partial charge in [-0.3, -0.25) is 0 Å². The number of hydrogen-bond acceptors (Lipinski definition) is 1. The molecule has 193 valence electrons. The molecule has 0 radical (unpaired) electrons. The van der Waals surface area contributed by atoms with E-state index in [9.17, 15) is 4.79 Å². The van der Waals surface area contributed by atoms with Crippen LogP contribution in [0, 0.1) is 28.6 Å². The van der Waals surface area contributed by atoms with Crippen molar-refractivity contribution in [1.82, 2.24) is 3.26 Å². The number of carbonyl (C=O) groups is 1. The SMILES string of the molecule is CC1=C(C)C(C)[C]([Zr]([NH]C(=O)C23CC4CC(CC(C)(C4)C2)C3)[GeH]([c]2ccccc2)[c]2ccccc2)=C1C. The molecule has 3 atom stereocenters. The Hall–Kier alpha value is -1.18. The molecule has 5 aliphatic rings. The van der Waals surface area contributed by atoms with Crippen LogP contribution in [0.1, 0.15) is 73.1 Å². The third kappa shape index (κ3) is 4.55. The van der Waals surface area contributed by atoms with E-state index < -0.39 is 30.1 Å². The molecule has 0 spiro atoms. The van der Waals surface area contributed by atoms with E-state index in [2.05, 4.69) is 98.5 Å². The Balaban J connectivity index is 1.45. The van der Waals surface area contributed by atoms with Gasteiger partial charge in [-0.2, -0.15) is 0 Å². The van der Waals surface area contributed by atoms with Crippen molar-refractivity contribution in [2.75, 3.05) is 0 Å². The molecule has 37 heavy (non-hydrogen) atoms. The maximum absolute atomic E-state index is 14.7. The van der Waals surface area contributed by atoms with E-state index in [1.54, 1.807) is 12.1 Å². The van der Waals surface area contributed by atoms with Gasteiger partial charge in [0.1, 0.15) is 0 Å². The molecular formula is C33H42GeNOZr. The molecule has 5 aliphatic carbocycles. The van der Waals surface area contributed by atoms with E-state index in [0.717, 1.165) is 31.1 Å². The summed E-state index contributed by atoms with van der Waals surface area (Å²) in [4.78, 5) is 14.7. The fourth-order valence-corrected chi connectivity index (χ4v) is 46.2. The summed E-state index contributed by atoms with van der Waals surface area (Å²) in [5.74, 6) is 2.45. The number of carbonyl (C=O) groups excluding carboxylic acids is 1. The zero-order chi connectivity index (χ0) is 25.9. The Kier molecular flexibility index (Phi) is 6.89. The molecule has 1 amide bonds. The topological polar surface area (TPSA) is 29.1 Å². The van der Waals surface area contributed by atoms with Gasteiger partial charge in [0.05, 0.1) is 0 Å². The Morgan fingerprint density at radius 1 is 0.865 bits per heavy atom. The minimum atomic E-state index is -2.64. The fraction of sp³-hybridized carbons (Fsp3) is 0.485. The molecule has 0 aliphatic heterocycles. The average molecular weight is 633 g/mol. The van der Waals surface area contributed by atoms with E-state index in [1.807, 2.05) is 0 Å². The minimum absolute atomic E-state index is 0.112. The molecule has 0 saturated heterocycles. The molecule has 1 N–H and O–H groups in total. The Bertz CT molecular complexity index is 1210. The summed E-state index contributed by atoms with van der Waals surface area (Å²) in [6.07, 6.45) is 7.46. The van der Waals surface area contributed by atoms with Crippen LogP contribution in [0.4, 0.5) is 0 Å². The first-order valence-corrected chi connectivity index (χ1v) is 27.8. The summed E-state index contributed by atoms with van der Waals surface area (Å²) in [5, 5.41) is 0. The van der Waals surface area contributed by atoms with E-state index in [0.29, 0.717) is 17.2 Å². The number of amides is 1. The van der Waals surface area contributed by atoms with Crippen LogP contribution in [0.25, 0.3) is 0 Å². The van der Waals surface area contributed by atoms with Gasteiger partial charge in [0.2, 0.25) is 0 Å². The molecule has 2 aromatic carbocycles. The number of hydrogen-bond donors (Lipinski definition) is 1. The third-order valence-electron chi connectivity index (χ3n) is 10.6. The van der Waals surface area contributed by atoms with Crippen LogP contribution in [0.3, 0.4) is 0 Å². The number of nitrogens with one attached hydrogen (secondary N) is 1. The first kappa shape index (κ1) is 26.1. The van der Waals surface area contributed by atoms with E-state index in [-0.39, 0.29) is 5.41 Å². The first-order chi connectivity index (χ1) is 17.7. The van der Waals surface area contributed by atoms with E-state index >= 15 is 0 Å².